The third-order valence-corrected chi connectivity index (χ3v) is 3.21. The van der Waals surface area contributed by atoms with Crippen LogP contribution in [0.4, 0.5) is 0 Å². The normalized spacial score (nSPS) is 21.5. The Kier molecular flexibility index (Phi) is 4.74. The molecule has 0 bridgehead atoms. The molecule has 0 aromatic heterocycles. The lowest BCUT2D eigenvalue weighted by Gasteiger charge is -2.39. The van der Waals surface area contributed by atoms with Gasteiger partial charge >= 0.3 is 0 Å². The first-order valence-corrected chi connectivity index (χ1v) is 6.00. The second-order valence-electron chi connectivity index (χ2n) is 4.42. The van der Waals surface area contributed by atoms with E-state index in [9.17, 15) is 4.79 Å². The number of Topliss-reactive ketones (excluding diaryl/α,β-unsaturated/α-hetero) is 1. The molecule has 0 aliphatic carbocycles. The maximum atomic E-state index is 12.0. The van der Waals surface area contributed by atoms with E-state index in [0.29, 0.717) is 13.0 Å². The molecule has 1 aliphatic rings. The fourth-order valence-corrected chi connectivity index (χ4v) is 2.10. The van der Waals surface area contributed by atoms with Gasteiger partial charge in [0.2, 0.25) is 0 Å². The van der Waals surface area contributed by atoms with Crippen molar-refractivity contribution in [3.63, 3.8) is 0 Å². The summed E-state index contributed by atoms with van der Waals surface area (Å²) in [5.41, 5.74) is -0.461. The van der Waals surface area contributed by atoms with Crippen molar-refractivity contribution in [2.24, 2.45) is 0 Å². The number of carbonyl (C=O) groups excluding carboxylic acids is 1. The Hall–Kier alpha value is -0.410. The van der Waals surface area contributed by atoms with Crippen molar-refractivity contribution in [2.45, 2.75) is 45.1 Å². The first-order valence-electron chi connectivity index (χ1n) is 6.00. The van der Waals surface area contributed by atoms with Crippen LogP contribution in [0.3, 0.4) is 0 Å². The Morgan fingerprint density at radius 1 is 1.33 bits per heavy atom. The average molecular weight is 213 g/mol. The molecule has 15 heavy (non-hydrogen) atoms. The molecule has 1 fully saturated rings. The van der Waals surface area contributed by atoms with Crippen molar-refractivity contribution in [2.75, 3.05) is 26.7 Å². The van der Waals surface area contributed by atoms with Crippen molar-refractivity contribution < 1.29 is 9.53 Å². The van der Waals surface area contributed by atoms with Crippen molar-refractivity contribution in [3.05, 3.63) is 0 Å². The number of ether oxygens (including phenoxy) is 1. The largest absolute Gasteiger partial charge is 0.367 e. The summed E-state index contributed by atoms with van der Waals surface area (Å²) < 4.78 is 5.84. The van der Waals surface area contributed by atoms with Gasteiger partial charge in [-0.15, -0.1) is 0 Å². The van der Waals surface area contributed by atoms with Gasteiger partial charge in [-0.05, 0) is 26.3 Å². The van der Waals surface area contributed by atoms with Gasteiger partial charge in [0.25, 0.3) is 0 Å². The molecular formula is C12H23NO2. The van der Waals surface area contributed by atoms with Crippen LogP contribution in [0.5, 0.6) is 0 Å². The molecule has 1 heterocycles. The number of likely N-dealkylation sites (tertiary alicyclic amines) is 1. The lowest BCUT2D eigenvalue weighted by Crippen LogP contribution is -2.50. The number of hydrogen-bond acceptors (Lipinski definition) is 3. The predicted molar refractivity (Wildman–Crippen MR) is 61.0 cm³/mol. The van der Waals surface area contributed by atoms with Crippen molar-refractivity contribution in [3.8, 4) is 0 Å². The van der Waals surface area contributed by atoms with E-state index in [1.165, 1.54) is 0 Å². The number of piperidine rings is 1. The first-order chi connectivity index (χ1) is 7.14. The van der Waals surface area contributed by atoms with E-state index in [1.807, 2.05) is 6.92 Å². The molecule has 3 heteroatoms. The summed E-state index contributed by atoms with van der Waals surface area (Å²) in [6.45, 7) is 6.65. The van der Waals surface area contributed by atoms with Crippen LogP contribution in [0.15, 0.2) is 0 Å². The number of nitrogens with zero attached hydrogens (tertiary/aromatic N) is 1. The van der Waals surface area contributed by atoms with Gasteiger partial charge in [0.05, 0.1) is 0 Å². The van der Waals surface area contributed by atoms with E-state index >= 15 is 0 Å². The SMILES string of the molecule is CCCOC1(C(=O)CC)CCN(C)CC1. The second kappa shape index (κ2) is 5.61. The summed E-state index contributed by atoms with van der Waals surface area (Å²) in [5.74, 6) is 0.282. The van der Waals surface area contributed by atoms with Crippen molar-refractivity contribution in [1.82, 2.24) is 4.90 Å². The zero-order valence-corrected chi connectivity index (χ0v) is 10.2. The van der Waals surface area contributed by atoms with Crippen LogP contribution in [0.1, 0.15) is 39.5 Å². The van der Waals surface area contributed by atoms with Crippen LogP contribution in [-0.2, 0) is 9.53 Å². The minimum absolute atomic E-state index is 0.282. The molecule has 0 N–H and O–H groups in total. The first kappa shape index (κ1) is 12.7. The van der Waals surface area contributed by atoms with Gasteiger partial charge in [-0.2, -0.15) is 0 Å². The summed E-state index contributed by atoms with van der Waals surface area (Å²) in [7, 11) is 2.10. The fraction of sp³-hybridized carbons (Fsp3) is 0.917. The number of ketones is 1. The van der Waals surface area contributed by atoms with Gasteiger partial charge in [0, 0.05) is 26.1 Å². The zero-order valence-electron chi connectivity index (χ0n) is 10.2. The van der Waals surface area contributed by atoms with Crippen molar-refractivity contribution in [1.29, 1.82) is 0 Å². The molecule has 0 atom stereocenters. The average Bonchev–Trinajstić information content (AvgIpc) is 2.28. The smallest absolute Gasteiger partial charge is 0.164 e. The van der Waals surface area contributed by atoms with E-state index in [-0.39, 0.29) is 5.78 Å². The second-order valence-corrected chi connectivity index (χ2v) is 4.42. The lowest BCUT2D eigenvalue weighted by molar-refractivity contribution is -0.151. The van der Waals surface area contributed by atoms with Crippen LogP contribution in [0, 0.1) is 0 Å². The van der Waals surface area contributed by atoms with Crippen LogP contribution in [0.2, 0.25) is 0 Å². The number of rotatable bonds is 5. The highest BCUT2D eigenvalue weighted by Crippen LogP contribution is 2.28. The standard InChI is InChI=1S/C12H23NO2/c1-4-10-15-12(11(14)5-2)6-8-13(3)9-7-12/h4-10H2,1-3H3. The molecule has 1 saturated heterocycles. The molecule has 0 saturated carbocycles. The summed E-state index contributed by atoms with van der Waals surface area (Å²) in [4.78, 5) is 14.2. The lowest BCUT2D eigenvalue weighted by atomic mass is 9.86. The Morgan fingerprint density at radius 3 is 2.40 bits per heavy atom. The molecule has 1 rings (SSSR count). The molecular weight excluding hydrogens is 190 g/mol. The minimum atomic E-state index is -0.461. The summed E-state index contributed by atoms with van der Waals surface area (Å²) in [6.07, 6.45) is 3.29. The van der Waals surface area contributed by atoms with Crippen LogP contribution in [0.25, 0.3) is 0 Å². The van der Waals surface area contributed by atoms with Gasteiger partial charge < -0.3 is 9.64 Å². The van der Waals surface area contributed by atoms with E-state index in [1.54, 1.807) is 0 Å². The highest BCUT2D eigenvalue weighted by molar-refractivity contribution is 5.87. The quantitative estimate of drug-likeness (QED) is 0.698. The highest BCUT2D eigenvalue weighted by atomic mass is 16.5. The predicted octanol–water partition coefficient (Wildman–Crippen LogP) is 1.86. The van der Waals surface area contributed by atoms with Gasteiger partial charge in [0.1, 0.15) is 5.60 Å². The summed E-state index contributed by atoms with van der Waals surface area (Å²) in [6, 6.07) is 0. The maximum Gasteiger partial charge on any atom is 0.164 e. The van der Waals surface area contributed by atoms with Gasteiger partial charge in [-0.3, -0.25) is 4.79 Å². The minimum Gasteiger partial charge on any atom is -0.367 e. The van der Waals surface area contributed by atoms with Crippen LogP contribution in [-0.4, -0.2) is 43.0 Å². The molecule has 3 nitrogen and oxygen atoms in total. The molecule has 0 spiro atoms. The van der Waals surface area contributed by atoms with Gasteiger partial charge in [-0.25, -0.2) is 0 Å². The molecule has 1 aliphatic heterocycles. The van der Waals surface area contributed by atoms with Crippen LogP contribution < -0.4 is 0 Å². The molecule has 0 aromatic carbocycles. The molecule has 0 unspecified atom stereocenters. The molecule has 88 valence electrons. The van der Waals surface area contributed by atoms with Gasteiger partial charge in [-0.1, -0.05) is 13.8 Å². The van der Waals surface area contributed by atoms with Gasteiger partial charge in [0.15, 0.2) is 5.78 Å². The Bertz CT molecular complexity index is 202. The Labute approximate surface area is 92.8 Å². The third-order valence-electron chi connectivity index (χ3n) is 3.21. The third kappa shape index (κ3) is 3.02. The monoisotopic (exact) mass is 213 g/mol. The maximum absolute atomic E-state index is 12.0. The summed E-state index contributed by atoms with van der Waals surface area (Å²) >= 11 is 0. The fourth-order valence-electron chi connectivity index (χ4n) is 2.10. The number of hydrogen-bond donors (Lipinski definition) is 0. The number of carbonyl (C=O) groups is 1. The summed E-state index contributed by atoms with van der Waals surface area (Å²) in [5, 5.41) is 0. The topological polar surface area (TPSA) is 29.5 Å². The van der Waals surface area contributed by atoms with E-state index < -0.39 is 5.60 Å². The molecule has 0 amide bonds. The Morgan fingerprint density at radius 2 is 1.93 bits per heavy atom. The molecule has 0 radical (unpaired) electrons. The highest BCUT2D eigenvalue weighted by Gasteiger charge is 2.40. The van der Waals surface area contributed by atoms with E-state index in [2.05, 4.69) is 18.9 Å². The van der Waals surface area contributed by atoms with E-state index in [0.717, 1.165) is 32.4 Å². The molecule has 0 aromatic rings. The van der Waals surface area contributed by atoms with Crippen molar-refractivity contribution >= 4 is 5.78 Å². The zero-order chi connectivity index (χ0) is 11.3. The van der Waals surface area contributed by atoms with E-state index in [4.69, 9.17) is 4.74 Å². The van der Waals surface area contributed by atoms with Crippen LogP contribution >= 0.6 is 0 Å². The Balaban J connectivity index is 2.64.